The molecule has 0 spiro atoms. The fourth-order valence-electron chi connectivity index (χ4n) is 1.20. The Hall–Kier alpha value is -1.83. The fourth-order valence-corrected chi connectivity index (χ4v) is 1.20. The van der Waals surface area contributed by atoms with Gasteiger partial charge in [-0.25, -0.2) is 0 Å². The first-order valence-corrected chi connectivity index (χ1v) is 4.69. The second-order valence-electron chi connectivity index (χ2n) is 3.30. The molecule has 15 heavy (non-hydrogen) atoms. The van der Waals surface area contributed by atoms with Crippen LogP contribution in [0.4, 0.5) is 0 Å². The van der Waals surface area contributed by atoms with Crippen molar-refractivity contribution in [3.05, 3.63) is 54.8 Å². The van der Waals surface area contributed by atoms with Crippen molar-refractivity contribution in [3.8, 4) is 5.75 Å². The van der Waals surface area contributed by atoms with Crippen LogP contribution in [0.5, 0.6) is 5.75 Å². The minimum absolute atomic E-state index is 0.134. The number of hydrogen-bond donors (Lipinski definition) is 0. The molecule has 2 nitrogen and oxygen atoms in total. The van der Waals surface area contributed by atoms with Gasteiger partial charge in [0.25, 0.3) is 0 Å². The van der Waals surface area contributed by atoms with Crippen LogP contribution >= 0.6 is 0 Å². The van der Waals surface area contributed by atoms with E-state index in [0.29, 0.717) is 17.9 Å². The van der Waals surface area contributed by atoms with E-state index in [4.69, 9.17) is 4.74 Å². The number of carbonyl (C=O) groups is 1. The highest BCUT2D eigenvalue weighted by atomic mass is 16.5. The topological polar surface area (TPSA) is 26.3 Å². The third kappa shape index (κ3) is 3.81. The Kier molecular flexibility index (Phi) is 3.86. The molecule has 1 aromatic carbocycles. The fraction of sp³-hybridized carbons (Fsp3) is 0.154. The minimum atomic E-state index is 0.134. The Labute approximate surface area is 89.9 Å². The molecule has 0 fully saturated rings. The number of carbonyl (C=O) groups excluding carboxylic acids is 1. The molecule has 0 radical (unpaired) electrons. The summed E-state index contributed by atoms with van der Waals surface area (Å²) in [5, 5.41) is 0. The summed E-state index contributed by atoms with van der Waals surface area (Å²) in [6.07, 6.45) is 1.97. The maximum Gasteiger partial charge on any atom is 0.134 e. The monoisotopic (exact) mass is 202 g/mol. The molecule has 0 aliphatic heterocycles. The lowest BCUT2D eigenvalue weighted by molar-refractivity contribution is -0.116. The maximum atomic E-state index is 10.9. The van der Waals surface area contributed by atoms with E-state index < -0.39 is 0 Å². The lowest BCUT2D eigenvalue weighted by atomic mass is 10.1. The molecule has 0 unspecified atom stereocenters. The van der Waals surface area contributed by atoms with E-state index in [1.54, 1.807) is 6.92 Å². The van der Waals surface area contributed by atoms with Gasteiger partial charge in [0, 0.05) is 6.42 Å². The Morgan fingerprint density at radius 2 is 2.27 bits per heavy atom. The minimum Gasteiger partial charge on any atom is -0.458 e. The molecule has 0 saturated carbocycles. The molecule has 0 atom stereocenters. The number of Topliss-reactive ketones (excluding diaryl/α,β-unsaturated/α-hetero) is 1. The number of allylic oxidation sites excluding steroid dienone is 1. The van der Waals surface area contributed by atoms with Crippen molar-refractivity contribution >= 4 is 5.78 Å². The average Bonchev–Trinajstić information content (AvgIpc) is 2.17. The zero-order valence-electron chi connectivity index (χ0n) is 8.82. The summed E-state index contributed by atoms with van der Waals surface area (Å²) in [6.45, 7) is 8.77. The van der Waals surface area contributed by atoms with Gasteiger partial charge in [-0.2, -0.15) is 0 Å². The zero-order chi connectivity index (χ0) is 11.3. The maximum absolute atomic E-state index is 10.9. The smallest absolute Gasteiger partial charge is 0.134 e. The van der Waals surface area contributed by atoms with Crippen molar-refractivity contribution in [3.63, 3.8) is 0 Å². The zero-order valence-corrected chi connectivity index (χ0v) is 8.82. The Bertz CT molecular complexity index is 391. The summed E-state index contributed by atoms with van der Waals surface area (Å²) in [4.78, 5) is 10.9. The molecule has 1 rings (SSSR count). The first kappa shape index (κ1) is 11.2. The van der Waals surface area contributed by atoms with Crippen LogP contribution in [-0.2, 0) is 11.2 Å². The number of hydrogen-bond acceptors (Lipinski definition) is 2. The highest BCUT2D eigenvalue weighted by Gasteiger charge is 2.00. The molecule has 0 N–H and O–H groups in total. The summed E-state index contributed by atoms with van der Waals surface area (Å²) in [5.41, 5.74) is 0.942. The first-order valence-electron chi connectivity index (χ1n) is 4.69. The van der Waals surface area contributed by atoms with Gasteiger partial charge in [-0.3, -0.25) is 4.79 Å². The Balaban J connectivity index is 2.78. The third-order valence-corrected chi connectivity index (χ3v) is 1.83. The van der Waals surface area contributed by atoms with E-state index in [1.807, 2.05) is 24.3 Å². The van der Waals surface area contributed by atoms with E-state index in [9.17, 15) is 4.79 Å². The van der Waals surface area contributed by atoms with Gasteiger partial charge in [0.1, 0.15) is 17.3 Å². The van der Waals surface area contributed by atoms with Crippen molar-refractivity contribution < 1.29 is 9.53 Å². The SMILES string of the molecule is C=CC(=C)Oc1cccc(CC(C)=O)c1. The van der Waals surface area contributed by atoms with Gasteiger partial charge in [0.15, 0.2) is 0 Å². The Morgan fingerprint density at radius 1 is 1.53 bits per heavy atom. The molecule has 0 bridgehead atoms. The lowest BCUT2D eigenvalue weighted by Gasteiger charge is -2.06. The third-order valence-electron chi connectivity index (χ3n) is 1.83. The van der Waals surface area contributed by atoms with Gasteiger partial charge in [0.05, 0.1) is 0 Å². The molecule has 0 aliphatic rings. The predicted molar refractivity (Wildman–Crippen MR) is 60.8 cm³/mol. The van der Waals surface area contributed by atoms with Gasteiger partial charge in [-0.05, 0) is 30.7 Å². The summed E-state index contributed by atoms with van der Waals surface area (Å²) in [7, 11) is 0. The van der Waals surface area contributed by atoms with Crippen LogP contribution in [0.1, 0.15) is 12.5 Å². The molecule has 78 valence electrons. The van der Waals surface area contributed by atoms with Crippen molar-refractivity contribution in [2.45, 2.75) is 13.3 Å². The highest BCUT2D eigenvalue weighted by molar-refractivity contribution is 5.78. The molecular weight excluding hydrogens is 188 g/mol. The quantitative estimate of drug-likeness (QED) is 0.542. The van der Waals surface area contributed by atoms with Gasteiger partial charge in [-0.1, -0.05) is 25.3 Å². The van der Waals surface area contributed by atoms with Gasteiger partial charge >= 0.3 is 0 Å². The second-order valence-corrected chi connectivity index (χ2v) is 3.30. The second kappa shape index (κ2) is 5.15. The summed E-state index contributed by atoms with van der Waals surface area (Å²) < 4.78 is 5.36. The molecule has 0 aromatic heterocycles. The standard InChI is InChI=1S/C13H14O2/c1-4-11(3)15-13-7-5-6-12(9-13)8-10(2)14/h4-7,9H,1,3,8H2,2H3. The van der Waals surface area contributed by atoms with Crippen LogP contribution in [0.2, 0.25) is 0 Å². The van der Waals surface area contributed by atoms with Crippen LogP contribution in [-0.4, -0.2) is 5.78 Å². The summed E-state index contributed by atoms with van der Waals surface area (Å²) in [6, 6.07) is 7.39. The normalized spacial score (nSPS) is 9.40. The predicted octanol–water partition coefficient (Wildman–Crippen LogP) is 2.90. The van der Waals surface area contributed by atoms with Gasteiger partial charge in [-0.15, -0.1) is 0 Å². The highest BCUT2D eigenvalue weighted by Crippen LogP contribution is 2.16. The van der Waals surface area contributed by atoms with Crippen LogP contribution in [0.3, 0.4) is 0 Å². The van der Waals surface area contributed by atoms with Crippen LogP contribution in [0.25, 0.3) is 0 Å². The molecule has 0 saturated heterocycles. The van der Waals surface area contributed by atoms with Crippen molar-refractivity contribution in [2.75, 3.05) is 0 Å². The molecule has 1 aromatic rings. The number of rotatable bonds is 5. The van der Waals surface area contributed by atoms with E-state index in [2.05, 4.69) is 13.2 Å². The van der Waals surface area contributed by atoms with Crippen molar-refractivity contribution in [2.24, 2.45) is 0 Å². The van der Waals surface area contributed by atoms with E-state index in [1.165, 1.54) is 6.08 Å². The van der Waals surface area contributed by atoms with E-state index in [0.717, 1.165) is 5.56 Å². The average molecular weight is 202 g/mol. The van der Waals surface area contributed by atoms with Crippen LogP contribution in [0, 0.1) is 0 Å². The summed E-state index contributed by atoms with van der Waals surface area (Å²) in [5.74, 6) is 1.31. The van der Waals surface area contributed by atoms with Crippen LogP contribution in [0.15, 0.2) is 49.3 Å². The number of benzene rings is 1. The van der Waals surface area contributed by atoms with Gasteiger partial charge < -0.3 is 4.74 Å². The lowest BCUT2D eigenvalue weighted by Crippen LogP contribution is -1.97. The van der Waals surface area contributed by atoms with E-state index >= 15 is 0 Å². The van der Waals surface area contributed by atoms with Crippen LogP contribution < -0.4 is 4.74 Å². The van der Waals surface area contributed by atoms with Gasteiger partial charge in [0.2, 0.25) is 0 Å². The molecule has 2 heteroatoms. The first-order chi connectivity index (χ1) is 7.11. The Morgan fingerprint density at radius 3 is 2.87 bits per heavy atom. The molecule has 0 aliphatic carbocycles. The number of ether oxygens (including phenoxy) is 1. The van der Waals surface area contributed by atoms with E-state index in [-0.39, 0.29) is 5.78 Å². The number of ketones is 1. The molecule has 0 amide bonds. The summed E-state index contributed by atoms with van der Waals surface area (Å²) >= 11 is 0. The molecule has 0 heterocycles. The largest absolute Gasteiger partial charge is 0.458 e. The van der Waals surface area contributed by atoms with Crippen molar-refractivity contribution in [1.29, 1.82) is 0 Å². The van der Waals surface area contributed by atoms with Crippen molar-refractivity contribution in [1.82, 2.24) is 0 Å². The molecular formula is C13H14O2.